The lowest BCUT2D eigenvalue weighted by atomic mass is 9.65. The fourth-order valence-corrected chi connectivity index (χ4v) is 8.40. The lowest BCUT2D eigenvalue weighted by Crippen LogP contribution is -2.42. The molecule has 2 heterocycles. The molecule has 2 amide bonds. The Kier molecular flexibility index (Phi) is 10.7. The van der Waals surface area contributed by atoms with E-state index in [-0.39, 0.29) is 43.5 Å². The minimum absolute atomic E-state index is 0.0124. The molecule has 2 unspecified atom stereocenters. The van der Waals surface area contributed by atoms with Crippen molar-refractivity contribution in [2.45, 2.75) is 103 Å². The molecule has 6 rings (SSSR count). The van der Waals surface area contributed by atoms with Crippen LogP contribution in [-0.4, -0.2) is 47.1 Å². The average molecular weight is 669 g/mol. The van der Waals surface area contributed by atoms with Crippen LogP contribution in [0.25, 0.3) is 0 Å². The summed E-state index contributed by atoms with van der Waals surface area (Å²) in [5.41, 5.74) is 11.6. The number of amides is 2. The van der Waals surface area contributed by atoms with Crippen LogP contribution >= 0.6 is 0 Å². The Morgan fingerprint density at radius 3 is 2.33 bits per heavy atom. The highest BCUT2D eigenvalue weighted by molar-refractivity contribution is 5.93. The van der Waals surface area contributed by atoms with Gasteiger partial charge in [0.25, 0.3) is 0 Å². The number of likely N-dealkylation sites (tertiary alicyclic amines) is 1. The summed E-state index contributed by atoms with van der Waals surface area (Å²) < 4.78 is 13.3. The van der Waals surface area contributed by atoms with Gasteiger partial charge in [-0.15, -0.1) is 0 Å². The van der Waals surface area contributed by atoms with E-state index in [1.807, 2.05) is 48.5 Å². The van der Waals surface area contributed by atoms with Gasteiger partial charge in [0.05, 0.1) is 30.2 Å². The van der Waals surface area contributed by atoms with E-state index >= 15 is 0 Å². The number of carbonyl (C=O) groups is 2. The number of aliphatic hydroxyl groups excluding tert-OH is 1. The number of aliphatic hydroxyl groups is 1. The number of nitrogens with zero attached hydrogens (tertiary/aromatic N) is 1. The Balaban J connectivity index is 1.04. The number of carbonyl (C=O) groups excluding carboxylic acids is 2. The molecule has 1 aliphatic carbocycles. The molecule has 9 nitrogen and oxygen atoms in total. The average Bonchev–Trinajstić information content (AvgIpc) is 3.31. The lowest BCUT2D eigenvalue weighted by molar-refractivity contribution is -0.253. The van der Waals surface area contributed by atoms with Crippen molar-refractivity contribution in [2.24, 2.45) is 10.8 Å². The summed E-state index contributed by atoms with van der Waals surface area (Å²) in [6.07, 6.45) is 4.82. The molecule has 5 atom stereocenters. The largest absolute Gasteiger partial charge is 0.397 e. The molecule has 2 saturated heterocycles. The highest BCUT2D eigenvalue weighted by Gasteiger charge is 2.50. The second kappa shape index (κ2) is 15.0. The molecule has 262 valence electrons. The normalized spacial score (nSPS) is 26.3. The molecule has 1 saturated carbocycles. The van der Waals surface area contributed by atoms with E-state index in [9.17, 15) is 14.7 Å². The molecule has 3 aromatic rings. The van der Waals surface area contributed by atoms with Crippen LogP contribution in [0.3, 0.4) is 0 Å². The maximum atomic E-state index is 12.5. The quantitative estimate of drug-likeness (QED) is 0.160. The zero-order valence-electron chi connectivity index (χ0n) is 29.1. The second-order valence-corrected chi connectivity index (χ2v) is 15.5. The molecule has 2 bridgehead atoms. The number of hydrogen-bond acceptors (Lipinski definition) is 7. The van der Waals surface area contributed by atoms with Gasteiger partial charge in [0.2, 0.25) is 11.8 Å². The van der Waals surface area contributed by atoms with E-state index in [0.29, 0.717) is 41.2 Å². The topological polar surface area (TPSA) is 126 Å². The maximum Gasteiger partial charge on any atom is 0.224 e. The third kappa shape index (κ3) is 9.08. The van der Waals surface area contributed by atoms with Gasteiger partial charge in [-0.1, -0.05) is 81.4 Å². The number of ether oxygens (including phenoxy) is 2. The van der Waals surface area contributed by atoms with Crippen molar-refractivity contribution < 1.29 is 24.2 Å². The van der Waals surface area contributed by atoms with Crippen molar-refractivity contribution in [2.75, 3.05) is 24.1 Å². The molecule has 5 N–H and O–H groups in total. The standard InChI is InChI=1S/C40H52N4O5/c1-39(2)20-31-21-40(3,25-39)26-44(31)23-32-19-35(29-15-13-28(24-45)14-16-29)49-38(48-32)30-17-11-27(12-18-30)22-42-36(46)9-6-10-37(47)43-34-8-5-4-7-33(34)41/h4-5,7-8,11-18,31-32,35,38,45H,6,9-10,19-26,41H2,1-3H3,(H,42,46)(H,43,47)/t31?,32-,35+,38+,40?/m0/s1. The molecule has 0 radical (unpaired) electrons. The molecule has 3 aromatic carbocycles. The van der Waals surface area contributed by atoms with E-state index in [2.05, 4.69) is 48.4 Å². The smallest absolute Gasteiger partial charge is 0.224 e. The monoisotopic (exact) mass is 668 g/mol. The molecular weight excluding hydrogens is 616 g/mol. The SMILES string of the molecule is CC1(C)CC2CC(C)(CN2C[C@@H]2C[C@H](c3ccc(CO)cc3)O[C@H](c3ccc(CNC(=O)CCCC(=O)Nc4ccccc4N)cc3)O2)C1. The number of nitrogens with two attached hydrogens (primary N) is 1. The van der Waals surface area contributed by atoms with Crippen molar-refractivity contribution in [3.05, 3.63) is 95.1 Å². The van der Waals surface area contributed by atoms with Gasteiger partial charge in [0.1, 0.15) is 0 Å². The summed E-state index contributed by atoms with van der Waals surface area (Å²) in [6, 6.07) is 23.8. The molecule has 3 aliphatic rings. The Labute approximate surface area is 290 Å². The number of benzene rings is 3. The van der Waals surface area contributed by atoms with Crippen LogP contribution in [0, 0.1) is 10.8 Å². The number of rotatable bonds is 12. The van der Waals surface area contributed by atoms with Gasteiger partial charge in [-0.25, -0.2) is 0 Å². The Morgan fingerprint density at radius 2 is 1.59 bits per heavy atom. The van der Waals surface area contributed by atoms with Gasteiger partial charge in [0.15, 0.2) is 6.29 Å². The summed E-state index contributed by atoms with van der Waals surface area (Å²) in [7, 11) is 0. The van der Waals surface area contributed by atoms with Gasteiger partial charge >= 0.3 is 0 Å². The zero-order chi connectivity index (χ0) is 34.6. The first kappa shape index (κ1) is 35.1. The summed E-state index contributed by atoms with van der Waals surface area (Å²) in [6.45, 7) is 9.67. The van der Waals surface area contributed by atoms with E-state index in [4.69, 9.17) is 15.2 Å². The molecule has 49 heavy (non-hydrogen) atoms. The van der Waals surface area contributed by atoms with Crippen LogP contribution in [0.5, 0.6) is 0 Å². The highest BCUT2D eigenvalue weighted by atomic mass is 16.7. The van der Waals surface area contributed by atoms with Crippen LogP contribution in [0.15, 0.2) is 72.8 Å². The van der Waals surface area contributed by atoms with Gasteiger partial charge < -0.3 is 30.9 Å². The van der Waals surface area contributed by atoms with Crippen LogP contribution in [0.1, 0.15) is 100 Å². The number of anilines is 2. The Morgan fingerprint density at radius 1 is 0.898 bits per heavy atom. The Bertz CT molecular complexity index is 1590. The highest BCUT2D eigenvalue weighted by Crippen LogP contribution is 2.53. The third-order valence-corrected chi connectivity index (χ3v) is 10.4. The molecule has 0 spiro atoms. The summed E-state index contributed by atoms with van der Waals surface area (Å²) in [5, 5.41) is 15.3. The van der Waals surface area contributed by atoms with Crippen LogP contribution in [0.4, 0.5) is 11.4 Å². The number of nitrogen functional groups attached to an aromatic ring is 1. The first-order valence-corrected chi connectivity index (χ1v) is 17.7. The van der Waals surface area contributed by atoms with Gasteiger partial charge in [-0.2, -0.15) is 0 Å². The molecule has 9 heteroatoms. The fourth-order valence-electron chi connectivity index (χ4n) is 8.40. The lowest BCUT2D eigenvalue weighted by Gasteiger charge is -2.41. The number of nitrogens with one attached hydrogen (secondary N) is 2. The molecule has 3 fully saturated rings. The fraction of sp³-hybridized carbons (Fsp3) is 0.500. The van der Waals surface area contributed by atoms with Crippen molar-refractivity contribution >= 4 is 23.2 Å². The van der Waals surface area contributed by atoms with E-state index < -0.39 is 6.29 Å². The van der Waals surface area contributed by atoms with Crippen LogP contribution in [-0.2, 0) is 32.2 Å². The minimum Gasteiger partial charge on any atom is -0.397 e. The number of fused-ring (bicyclic) bond motifs is 2. The van der Waals surface area contributed by atoms with Gasteiger partial charge in [-0.3, -0.25) is 14.5 Å². The minimum atomic E-state index is -0.517. The molecule has 2 aliphatic heterocycles. The van der Waals surface area contributed by atoms with E-state index in [0.717, 1.165) is 41.8 Å². The van der Waals surface area contributed by atoms with E-state index in [1.54, 1.807) is 12.1 Å². The predicted molar refractivity (Wildman–Crippen MR) is 191 cm³/mol. The third-order valence-electron chi connectivity index (χ3n) is 10.4. The first-order valence-electron chi connectivity index (χ1n) is 17.7. The Hall–Kier alpha value is -3.76. The van der Waals surface area contributed by atoms with Crippen molar-refractivity contribution in [1.82, 2.24) is 10.2 Å². The summed E-state index contributed by atoms with van der Waals surface area (Å²) in [5.74, 6) is -0.266. The maximum absolute atomic E-state index is 12.5. The summed E-state index contributed by atoms with van der Waals surface area (Å²) in [4.78, 5) is 27.5. The number of para-hydroxylation sites is 2. The van der Waals surface area contributed by atoms with Gasteiger partial charge in [-0.05, 0) is 65.3 Å². The van der Waals surface area contributed by atoms with Crippen molar-refractivity contribution in [1.29, 1.82) is 0 Å². The summed E-state index contributed by atoms with van der Waals surface area (Å²) >= 11 is 0. The molecule has 0 aromatic heterocycles. The van der Waals surface area contributed by atoms with Crippen LogP contribution < -0.4 is 16.4 Å². The number of hydrogen-bond donors (Lipinski definition) is 4. The second-order valence-electron chi connectivity index (χ2n) is 15.5. The van der Waals surface area contributed by atoms with Crippen molar-refractivity contribution in [3.63, 3.8) is 0 Å². The van der Waals surface area contributed by atoms with Gasteiger partial charge in [0, 0.05) is 50.5 Å². The zero-order valence-corrected chi connectivity index (χ0v) is 29.1. The van der Waals surface area contributed by atoms with Crippen LogP contribution in [0.2, 0.25) is 0 Å². The predicted octanol–water partition coefficient (Wildman–Crippen LogP) is 6.63. The van der Waals surface area contributed by atoms with E-state index in [1.165, 1.54) is 19.3 Å². The van der Waals surface area contributed by atoms with Crippen molar-refractivity contribution in [3.8, 4) is 0 Å². The molecular formula is C40H52N4O5. The first-order chi connectivity index (χ1) is 23.5.